The highest BCUT2D eigenvalue weighted by atomic mass is 16.6. The topological polar surface area (TPSA) is 35.5 Å². The zero-order valence-corrected chi connectivity index (χ0v) is 13.0. The number of rotatable bonds is 3. The van der Waals surface area contributed by atoms with Gasteiger partial charge in [-0.05, 0) is 37.8 Å². The van der Waals surface area contributed by atoms with Gasteiger partial charge in [-0.1, -0.05) is 23.8 Å². The molecule has 114 valence electrons. The van der Waals surface area contributed by atoms with Gasteiger partial charge in [-0.3, -0.25) is 4.79 Å². The molecule has 3 rings (SSSR count). The number of hydrogen-bond acceptors (Lipinski definition) is 3. The summed E-state index contributed by atoms with van der Waals surface area (Å²) in [5.74, 6) is 0.485. The van der Waals surface area contributed by atoms with Crippen LogP contribution in [0.4, 0.5) is 0 Å². The molecule has 0 amide bonds. The Kier molecular flexibility index (Phi) is 4.14. The quantitative estimate of drug-likeness (QED) is 0.857. The van der Waals surface area contributed by atoms with Crippen molar-refractivity contribution >= 4 is 5.78 Å². The normalized spacial score (nSPS) is 29.0. The van der Waals surface area contributed by atoms with E-state index in [0.717, 1.165) is 25.9 Å². The van der Waals surface area contributed by atoms with Gasteiger partial charge in [0.05, 0.1) is 12.2 Å². The Hall–Kier alpha value is -1.19. The van der Waals surface area contributed by atoms with E-state index in [-0.39, 0.29) is 11.5 Å². The van der Waals surface area contributed by atoms with Crippen molar-refractivity contribution in [1.82, 2.24) is 0 Å². The fourth-order valence-corrected chi connectivity index (χ4v) is 3.49. The van der Waals surface area contributed by atoms with Gasteiger partial charge in [0, 0.05) is 32.0 Å². The lowest BCUT2D eigenvalue weighted by atomic mass is 9.81. The minimum atomic E-state index is -0.180. The van der Waals surface area contributed by atoms with Crippen molar-refractivity contribution in [3.8, 4) is 0 Å². The van der Waals surface area contributed by atoms with Crippen molar-refractivity contribution in [2.45, 2.75) is 45.1 Å². The van der Waals surface area contributed by atoms with E-state index < -0.39 is 0 Å². The molecule has 2 aliphatic heterocycles. The molecule has 2 unspecified atom stereocenters. The summed E-state index contributed by atoms with van der Waals surface area (Å²) in [6.07, 6.45) is 3.16. The van der Waals surface area contributed by atoms with E-state index in [0.29, 0.717) is 25.4 Å². The van der Waals surface area contributed by atoms with Gasteiger partial charge in [0.25, 0.3) is 0 Å². The fraction of sp³-hybridized carbons (Fsp3) is 0.611. The van der Waals surface area contributed by atoms with Crippen LogP contribution in [0.25, 0.3) is 0 Å². The standard InChI is InChI=1S/C18H24O3/c1-13-3-4-14(2)16(9-13)10-17(19)15-5-7-21-18(11-15)6-8-20-12-18/h3-4,9,15H,5-8,10-12H2,1-2H3. The summed E-state index contributed by atoms with van der Waals surface area (Å²) in [5.41, 5.74) is 3.42. The largest absolute Gasteiger partial charge is 0.378 e. The molecule has 21 heavy (non-hydrogen) atoms. The highest BCUT2D eigenvalue weighted by Gasteiger charge is 2.42. The lowest BCUT2D eigenvalue weighted by molar-refractivity contribution is -0.136. The number of aryl methyl sites for hydroxylation is 2. The Bertz CT molecular complexity index is 529. The molecule has 0 aliphatic carbocycles. The van der Waals surface area contributed by atoms with Gasteiger partial charge in [0.2, 0.25) is 0 Å². The molecule has 0 aromatic heterocycles. The van der Waals surface area contributed by atoms with Gasteiger partial charge in [-0.25, -0.2) is 0 Å². The molecule has 0 saturated carbocycles. The minimum Gasteiger partial charge on any atom is -0.378 e. The second kappa shape index (κ2) is 5.90. The first-order valence-corrected chi connectivity index (χ1v) is 7.89. The molecule has 0 N–H and O–H groups in total. The first-order valence-electron chi connectivity index (χ1n) is 7.89. The molecular formula is C18H24O3. The summed E-state index contributed by atoms with van der Waals surface area (Å²) in [6, 6.07) is 6.35. The van der Waals surface area contributed by atoms with Crippen molar-refractivity contribution < 1.29 is 14.3 Å². The van der Waals surface area contributed by atoms with Crippen LogP contribution in [0.1, 0.15) is 36.0 Å². The van der Waals surface area contributed by atoms with Crippen LogP contribution < -0.4 is 0 Å². The summed E-state index contributed by atoms with van der Waals surface area (Å²) >= 11 is 0. The zero-order valence-electron chi connectivity index (χ0n) is 13.0. The highest BCUT2D eigenvalue weighted by molar-refractivity contribution is 5.83. The van der Waals surface area contributed by atoms with Crippen molar-refractivity contribution in [3.05, 3.63) is 34.9 Å². The Morgan fingerprint density at radius 1 is 1.33 bits per heavy atom. The number of carbonyl (C=O) groups excluding carboxylic acids is 1. The Labute approximate surface area is 126 Å². The molecular weight excluding hydrogens is 264 g/mol. The van der Waals surface area contributed by atoms with E-state index >= 15 is 0 Å². The minimum absolute atomic E-state index is 0.125. The number of Topliss-reactive ketones (excluding diaryl/α,β-unsaturated/α-hetero) is 1. The van der Waals surface area contributed by atoms with Crippen molar-refractivity contribution in [2.75, 3.05) is 19.8 Å². The summed E-state index contributed by atoms with van der Waals surface area (Å²) in [6.45, 7) is 6.26. The molecule has 2 atom stereocenters. The maximum Gasteiger partial charge on any atom is 0.140 e. The van der Waals surface area contributed by atoms with E-state index in [9.17, 15) is 4.79 Å². The van der Waals surface area contributed by atoms with Crippen LogP contribution >= 0.6 is 0 Å². The first kappa shape index (κ1) is 14.7. The molecule has 2 saturated heterocycles. The van der Waals surface area contributed by atoms with Crippen molar-refractivity contribution in [2.24, 2.45) is 5.92 Å². The number of ether oxygens (including phenoxy) is 2. The van der Waals surface area contributed by atoms with Gasteiger partial charge in [-0.2, -0.15) is 0 Å². The van der Waals surface area contributed by atoms with Crippen LogP contribution in [0.3, 0.4) is 0 Å². The molecule has 1 aromatic carbocycles. The zero-order chi connectivity index (χ0) is 14.9. The van der Waals surface area contributed by atoms with E-state index in [1.54, 1.807) is 0 Å². The van der Waals surface area contributed by atoms with E-state index in [1.165, 1.54) is 16.7 Å². The average Bonchev–Trinajstić information content (AvgIpc) is 2.91. The smallest absolute Gasteiger partial charge is 0.140 e. The number of hydrogen-bond donors (Lipinski definition) is 0. The van der Waals surface area contributed by atoms with Crippen molar-refractivity contribution in [3.63, 3.8) is 0 Å². The van der Waals surface area contributed by atoms with E-state index in [4.69, 9.17) is 9.47 Å². The lowest BCUT2D eigenvalue weighted by Crippen LogP contribution is -2.42. The molecule has 2 heterocycles. The molecule has 2 fully saturated rings. The Morgan fingerprint density at radius 3 is 2.95 bits per heavy atom. The predicted molar refractivity (Wildman–Crippen MR) is 81.5 cm³/mol. The van der Waals surface area contributed by atoms with Crippen LogP contribution in [-0.2, 0) is 20.7 Å². The Morgan fingerprint density at radius 2 is 2.19 bits per heavy atom. The fourth-order valence-electron chi connectivity index (χ4n) is 3.49. The second-order valence-corrected chi connectivity index (χ2v) is 6.60. The van der Waals surface area contributed by atoms with Crippen LogP contribution in [0.2, 0.25) is 0 Å². The van der Waals surface area contributed by atoms with Gasteiger partial charge in [0.1, 0.15) is 5.78 Å². The molecule has 0 bridgehead atoms. The third kappa shape index (κ3) is 3.19. The van der Waals surface area contributed by atoms with Crippen LogP contribution in [0, 0.1) is 19.8 Å². The van der Waals surface area contributed by atoms with Gasteiger partial charge in [0.15, 0.2) is 0 Å². The summed E-state index contributed by atoms with van der Waals surface area (Å²) < 4.78 is 11.4. The third-order valence-corrected chi connectivity index (χ3v) is 4.88. The van der Waals surface area contributed by atoms with Crippen molar-refractivity contribution in [1.29, 1.82) is 0 Å². The Balaban J connectivity index is 1.68. The molecule has 2 aliphatic rings. The summed E-state index contributed by atoms with van der Waals surface area (Å²) in [7, 11) is 0. The molecule has 3 nitrogen and oxygen atoms in total. The summed E-state index contributed by atoms with van der Waals surface area (Å²) in [5, 5.41) is 0. The number of ketones is 1. The van der Waals surface area contributed by atoms with E-state index in [2.05, 4.69) is 32.0 Å². The number of benzene rings is 1. The third-order valence-electron chi connectivity index (χ3n) is 4.88. The first-order chi connectivity index (χ1) is 10.1. The summed E-state index contributed by atoms with van der Waals surface area (Å²) in [4.78, 5) is 12.7. The van der Waals surface area contributed by atoms with Gasteiger partial charge >= 0.3 is 0 Å². The van der Waals surface area contributed by atoms with Gasteiger partial charge < -0.3 is 9.47 Å². The molecule has 0 radical (unpaired) electrons. The van der Waals surface area contributed by atoms with Gasteiger partial charge in [-0.15, -0.1) is 0 Å². The second-order valence-electron chi connectivity index (χ2n) is 6.60. The monoisotopic (exact) mass is 288 g/mol. The van der Waals surface area contributed by atoms with E-state index in [1.807, 2.05) is 0 Å². The average molecular weight is 288 g/mol. The number of carbonyl (C=O) groups is 1. The maximum atomic E-state index is 12.7. The van der Waals surface area contributed by atoms with Crippen LogP contribution in [0.5, 0.6) is 0 Å². The highest BCUT2D eigenvalue weighted by Crippen LogP contribution is 2.36. The van der Waals surface area contributed by atoms with Crippen LogP contribution in [-0.4, -0.2) is 31.2 Å². The van der Waals surface area contributed by atoms with Crippen LogP contribution in [0.15, 0.2) is 18.2 Å². The molecule has 1 spiro atoms. The maximum absolute atomic E-state index is 12.7. The molecule has 3 heteroatoms. The SMILES string of the molecule is Cc1ccc(C)c(CC(=O)C2CCOC3(CCOC3)C2)c1. The lowest BCUT2D eigenvalue weighted by Gasteiger charge is -2.36. The predicted octanol–water partition coefficient (Wildman–Crippen LogP) is 3.00. The molecule has 1 aromatic rings.